The van der Waals surface area contributed by atoms with Gasteiger partial charge in [0.25, 0.3) is 0 Å². The van der Waals surface area contributed by atoms with Gasteiger partial charge in [0.05, 0.1) is 5.92 Å². The van der Waals surface area contributed by atoms with Crippen molar-refractivity contribution < 1.29 is 9.90 Å². The standard InChI is InChI=1S/C15H12Cl2O2/c1-9(15(18)19)10-3-2-4-11(5-10)12-6-13(16)8-14(17)7-12/h2-9H,1H3,(H,18,19). The van der Waals surface area contributed by atoms with E-state index >= 15 is 0 Å². The smallest absolute Gasteiger partial charge is 0.310 e. The summed E-state index contributed by atoms with van der Waals surface area (Å²) in [4.78, 5) is 11.0. The summed E-state index contributed by atoms with van der Waals surface area (Å²) in [5, 5.41) is 10.2. The van der Waals surface area contributed by atoms with Crippen LogP contribution in [0.2, 0.25) is 10.0 Å². The highest BCUT2D eigenvalue weighted by molar-refractivity contribution is 6.35. The van der Waals surface area contributed by atoms with E-state index in [-0.39, 0.29) is 0 Å². The van der Waals surface area contributed by atoms with Crippen molar-refractivity contribution in [1.82, 2.24) is 0 Å². The molecule has 98 valence electrons. The van der Waals surface area contributed by atoms with E-state index in [4.69, 9.17) is 28.3 Å². The Hall–Kier alpha value is -1.51. The molecule has 19 heavy (non-hydrogen) atoms. The lowest BCUT2D eigenvalue weighted by molar-refractivity contribution is -0.138. The van der Waals surface area contributed by atoms with Gasteiger partial charge in [0.2, 0.25) is 0 Å². The molecule has 0 radical (unpaired) electrons. The van der Waals surface area contributed by atoms with Crippen LogP contribution in [0.5, 0.6) is 0 Å². The lowest BCUT2D eigenvalue weighted by Gasteiger charge is -2.09. The van der Waals surface area contributed by atoms with Gasteiger partial charge in [-0.25, -0.2) is 0 Å². The molecule has 0 aliphatic carbocycles. The fraction of sp³-hybridized carbons (Fsp3) is 0.133. The Bertz CT molecular complexity index is 603. The van der Waals surface area contributed by atoms with Crippen LogP contribution in [0.3, 0.4) is 0 Å². The fourth-order valence-electron chi connectivity index (χ4n) is 1.85. The second kappa shape index (κ2) is 5.64. The Balaban J connectivity index is 2.46. The van der Waals surface area contributed by atoms with E-state index in [1.807, 2.05) is 18.2 Å². The summed E-state index contributed by atoms with van der Waals surface area (Å²) < 4.78 is 0. The molecule has 1 atom stereocenters. The first-order valence-corrected chi connectivity index (χ1v) is 6.52. The van der Waals surface area contributed by atoms with Gasteiger partial charge in [-0.05, 0) is 41.8 Å². The van der Waals surface area contributed by atoms with Crippen molar-refractivity contribution in [2.24, 2.45) is 0 Å². The van der Waals surface area contributed by atoms with Crippen molar-refractivity contribution in [3.05, 3.63) is 58.1 Å². The highest BCUT2D eigenvalue weighted by Gasteiger charge is 2.14. The SMILES string of the molecule is CC(C(=O)O)c1cccc(-c2cc(Cl)cc(Cl)c2)c1. The maximum Gasteiger partial charge on any atom is 0.310 e. The van der Waals surface area contributed by atoms with E-state index in [9.17, 15) is 4.79 Å². The van der Waals surface area contributed by atoms with Gasteiger partial charge in [-0.3, -0.25) is 4.79 Å². The van der Waals surface area contributed by atoms with Crippen LogP contribution in [0.4, 0.5) is 0 Å². The van der Waals surface area contributed by atoms with Crippen LogP contribution in [-0.2, 0) is 4.79 Å². The number of halogens is 2. The third kappa shape index (κ3) is 3.28. The van der Waals surface area contributed by atoms with Crippen LogP contribution in [0, 0.1) is 0 Å². The minimum absolute atomic E-state index is 0.547. The first kappa shape index (κ1) is 13.9. The van der Waals surface area contributed by atoms with Crippen molar-refractivity contribution in [2.75, 3.05) is 0 Å². The zero-order valence-electron chi connectivity index (χ0n) is 10.2. The molecule has 4 heteroatoms. The van der Waals surface area contributed by atoms with Crippen molar-refractivity contribution in [3.8, 4) is 11.1 Å². The molecule has 0 saturated heterocycles. The second-order valence-corrected chi connectivity index (χ2v) is 5.22. The first-order chi connectivity index (χ1) is 8.97. The van der Waals surface area contributed by atoms with E-state index in [1.54, 1.807) is 31.2 Å². The maximum absolute atomic E-state index is 11.0. The predicted molar refractivity (Wildman–Crippen MR) is 77.9 cm³/mol. The Labute approximate surface area is 121 Å². The van der Waals surface area contributed by atoms with E-state index in [1.165, 1.54) is 0 Å². The molecule has 1 unspecified atom stereocenters. The average molecular weight is 295 g/mol. The molecule has 2 aromatic rings. The number of carboxylic acid groups (broad SMARTS) is 1. The normalized spacial score (nSPS) is 12.2. The van der Waals surface area contributed by atoms with Crippen molar-refractivity contribution in [2.45, 2.75) is 12.8 Å². The quantitative estimate of drug-likeness (QED) is 0.879. The topological polar surface area (TPSA) is 37.3 Å². The van der Waals surface area contributed by atoms with Crippen LogP contribution >= 0.6 is 23.2 Å². The van der Waals surface area contributed by atoms with Crippen molar-refractivity contribution in [3.63, 3.8) is 0 Å². The van der Waals surface area contributed by atoms with Gasteiger partial charge in [-0.1, -0.05) is 47.5 Å². The average Bonchev–Trinajstić information content (AvgIpc) is 2.36. The monoisotopic (exact) mass is 294 g/mol. The summed E-state index contributed by atoms with van der Waals surface area (Å²) in [5.74, 6) is -1.39. The largest absolute Gasteiger partial charge is 0.481 e. The number of hydrogen-bond donors (Lipinski definition) is 1. The molecule has 0 aliphatic heterocycles. The van der Waals surface area contributed by atoms with Crippen molar-refractivity contribution in [1.29, 1.82) is 0 Å². The van der Waals surface area contributed by atoms with Crippen molar-refractivity contribution >= 4 is 29.2 Å². The van der Waals surface area contributed by atoms with Crippen LogP contribution < -0.4 is 0 Å². The number of rotatable bonds is 3. The van der Waals surface area contributed by atoms with Crippen LogP contribution in [-0.4, -0.2) is 11.1 Å². The minimum atomic E-state index is -0.846. The third-order valence-electron chi connectivity index (χ3n) is 2.95. The molecule has 0 saturated carbocycles. The Kier molecular flexibility index (Phi) is 4.13. The molecule has 0 aliphatic rings. The Morgan fingerprint density at radius 1 is 1.05 bits per heavy atom. The van der Waals surface area contributed by atoms with Gasteiger partial charge in [0, 0.05) is 10.0 Å². The highest BCUT2D eigenvalue weighted by Crippen LogP contribution is 2.29. The van der Waals surface area contributed by atoms with E-state index in [0.29, 0.717) is 10.0 Å². The zero-order valence-corrected chi connectivity index (χ0v) is 11.7. The van der Waals surface area contributed by atoms with Crippen LogP contribution in [0.25, 0.3) is 11.1 Å². The number of carbonyl (C=O) groups is 1. The molecule has 0 aromatic heterocycles. The molecular weight excluding hydrogens is 283 g/mol. The molecule has 0 amide bonds. The summed E-state index contributed by atoms with van der Waals surface area (Å²) >= 11 is 11.9. The van der Waals surface area contributed by atoms with E-state index in [0.717, 1.165) is 16.7 Å². The number of benzene rings is 2. The molecule has 2 nitrogen and oxygen atoms in total. The second-order valence-electron chi connectivity index (χ2n) is 4.34. The summed E-state index contributed by atoms with van der Waals surface area (Å²) in [6.45, 7) is 1.66. The molecular formula is C15H12Cl2O2. The summed E-state index contributed by atoms with van der Waals surface area (Å²) in [6, 6.07) is 12.7. The number of hydrogen-bond acceptors (Lipinski definition) is 1. The number of carboxylic acids is 1. The Morgan fingerprint density at radius 3 is 2.26 bits per heavy atom. The van der Waals surface area contributed by atoms with Gasteiger partial charge >= 0.3 is 5.97 Å². The third-order valence-corrected chi connectivity index (χ3v) is 3.39. The molecule has 1 N–H and O–H groups in total. The summed E-state index contributed by atoms with van der Waals surface area (Å²) in [6.07, 6.45) is 0. The Morgan fingerprint density at radius 2 is 1.68 bits per heavy atom. The molecule has 0 heterocycles. The van der Waals surface area contributed by atoms with E-state index in [2.05, 4.69) is 0 Å². The molecule has 0 spiro atoms. The molecule has 0 bridgehead atoms. The van der Waals surface area contributed by atoms with Gasteiger partial charge in [-0.2, -0.15) is 0 Å². The number of aliphatic carboxylic acids is 1. The van der Waals surface area contributed by atoms with Crippen LogP contribution in [0.15, 0.2) is 42.5 Å². The van der Waals surface area contributed by atoms with E-state index < -0.39 is 11.9 Å². The summed E-state index contributed by atoms with van der Waals surface area (Å²) in [7, 11) is 0. The van der Waals surface area contributed by atoms with Gasteiger partial charge in [-0.15, -0.1) is 0 Å². The zero-order chi connectivity index (χ0) is 14.0. The molecule has 2 aromatic carbocycles. The predicted octanol–water partition coefficient (Wildman–Crippen LogP) is 4.85. The first-order valence-electron chi connectivity index (χ1n) is 5.76. The molecule has 0 fully saturated rings. The fourth-order valence-corrected chi connectivity index (χ4v) is 2.38. The highest BCUT2D eigenvalue weighted by atomic mass is 35.5. The van der Waals surface area contributed by atoms with Gasteiger partial charge in [0.1, 0.15) is 0 Å². The molecule has 2 rings (SSSR count). The van der Waals surface area contributed by atoms with Gasteiger partial charge in [0.15, 0.2) is 0 Å². The lowest BCUT2D eigenvalue weighted by atomic mass is 9.96. The van der Waals surface area contributed by atoms with Gasteiger partial charge < -0.3 is 5.11 Å². The maximum atomic E-state index is 11.0. The summed E-state index contributed by atoms with van der Waals surface area (Å²) in [5.41, 5.74) is 2.52. The minimum Gasteiger partial charge on any atom is -0.481 e. The lowest BCUT2D eigenvalue weighted by Crippen LogP contribution is -2.07. The van der Waals surface area contributed by atoms with Crippen LogP contribution in [0.1, 0.15) is 18.4 Å².